The molecule has 10 aromatic rings. The summed E-state index contributed by atoms with van der Waals surface area (Å²) >= 11 is 0. The average molecular weight is 711 g/mol. The maximum atomic E-state index is 10.3. The minimum Gasteiger partial charge on any atom is -0.232 e. The van der Waals surface area contributed by atoms with Crippen molar-refractivity contribution in [1.29, 1.82) is 21.0 Å². The summed E-state index contributed by atoms with van der Waals surface area (Å²) in [6, 6.07) is 52.6. The molecule has 0 aliphatic heterocycles. The predicted molar refractivity (Wildman–Crippen MR) is 217 cm³/mol. The number of nitrogens with zero attached hydrogens (tertiary/aromatic N) is 8. The fourth-order valence-electron chi connectivity index (χ4n) is 8.11. The van der Waals surface area contributed by atoms with Crippen LogP contribution in [0.3, 0.4) is 0 Å². The molecule has 0 saturated heterocycles. The molecule has 0 saturated carbocycles. The van der Waals surface area contributed by atoms with Gasteiger partial charge in [0.1, 0.15) is 24.3 Å². The second-order valence-electron chi connectivity index (χ2n) is 13.3. The fraction of sp³-hybridized carbons (Fsp3) is 0. The van der Waals surface area contributed by atoms with Crippen LogP contribution in [0, 0.1) is 45.3 Å². The van der Waals surface area contributed by atoms with Crippen LogP contribution >= 0.6 is 0 Å². The van der Waals surface area contributed by atoms with Gasteiger partial charge in [0, 0.05) is 32.3 Å². The van der Waals surface area contributed by atoms with Gasteiger partial charge in [-0.2, -0.15) is 21.0 Å². The quantitative estimate of drug-likeness (QED) is 0.129. The van der Waals surface area contributed by atoms with Crippen LogP contribution in [0.5, 0.6) is 0 Å². The maximum absolute atomic E-state index is 10.3. The molecule has 8 aromatic carbocycles. The molecule has 0 amide bonds. The summed E-state index contributed by atoms with van der Waals surface area (Å²) in [6.07, 6.45) is 0. The molecule has 8 heteroatoms. The highest BCUT2D eigenvalue weighted by atomic mass is 14.9. The van der Waals surface area contributed by atoms with Crippen molar-refractivity contribution in [2.75, 3.05) is 0 Å². The second kappa shape index (κ2) is 12.5. The van der Waals surface area contributed by atoms with Crippen molar-refractivity contribution in [2.24, 2.45) is 0 Å². The van der Waals surface area contributed by atoms with Crippen LogP contribution in [0.25, 0.3) is 98.9 Å². The Bertz CT molecular complexity index is 2970. The van der Waals surface area contributed by atoms with E-state index in [0.717, 1.165) is 55.3 Å². The molecule has 0 aliphatic rings. The van der Waals surface area contributed by atoms with E-state index in [2.05, 4.69) is 36.4 Å². The number of hydrogen-bond acceptors (Lipinski definition) is 8. The monoisotopic (exact) mass is 710 g/mol. The lowest BCUT2D eigenvalue weighted by atomic mass is 9.80. The third-order valence-electron chi connectivity index (χ3n) is 10.4. The topological polar surface area (TPSA) is 147 Å². The summed E-state index contributed by atoms with van der Waals surface area (Å²) in [5.41, 5.74) is 8.40. The van der Waals surface area contributed by atoms with Gasteiger partial charge in [-0.1, -0.05) is 121 Å². The Balaban J connectivity index is 1.65. The first-order valence-electron chi connectivity index (χ1n) is 17.7. The van der Waals surface area contributed by atoms with Gasteiger partial charge >= 0.3 is 0 Å². The van der Waals surface area contributed by atoms with Crippen LogP contribution in [0.2, 0.25) is 0 Å². The Morgan fingerprint density at radius 3 is 0.696 bits per heavy atom. The van der Waals surface area contributed by atoms with Gasteiger partial charge in [-0.15, -0.1) is 0 Å². The standard InChI is InChI=1S/C48H22N8/c49-23-35-36(24-50)54-46-41-33(29-17-9-3-10-18-29)22-34(30-19-11-4-12-20-30)42-44(41)43-39(45(46)53-35)31(27-13-5-1-6-14-27)21-32(28-15-7-2-8-16-28)40(43)47-48(42)56-38(26-52)37(25-51)55-47/h1-22H. The lowest BCUT2D eigenvalue weighted by Gasteiger charge is -2.24. The summed E-state index contributed by atoms with van der Waals surface area (Å²) in [6.45, 7) is 0. The maximum Gasteiger partial charge on any atom is 0.177 e. The van der Waals surface area contributed by atoms with E-state index in [-0.39, 0.29) is 22.8 Å². The van der Waals surface area contributed by atoms with E-state index in [0.29, 0.717) is 43.6 Å². The zero-order valence-electron chi connectivity index (χ0n) is 29.3. The third-order valence-corrected chi connectivity index (χ3v) is 10.4. The molecule has 0 unspecified atom stereocenters. The van der Waals surface area contributed by atoms with E-state index >= 15 is 0 Å². The average Bonchev–Trinajstić information content (AvgIpc) is 3.28. The molecule has 0 N–H and O–H groups in total. The largest absolute Gasteiger partial charge is 0.232 e. The van der Waals surface area contributed by atoms with Gasteiger partial charge in [0.25, 0.3) is 0 Å². The molecule has 0 atom stereocenters. The van der Waals surface area contributed by atoms with Crippen molar-refractivity contribution >= 4 is 54.4 Å². The van der Waals surface area contributed by atoms with Crippen molar-refractivity contribution in [2.45, 2.75) is 0 Å². The number of hydrogen-bond donors (Lipinski definition) is 0. The number of nitriles is 4. The molecule has 0 radical (unpaired) electrons. The summed E-state index contributed by atoms with van der Waals surface area (Å²) < 4.78 is 0. The Morgan fingerprint density at radius 1 is 0.286 bits per heavy atom. The summed E-state index contributed by atoms with van der Waals surface area (Å²) in [7, 11) is 0. The van der Waals surface area contributed by atoms with Gasteiger partial charge in [-0.3, -0.25) is 0 Å². The molecule has 0 bridgehead atoms. The van der Waals surface area contributed by atoms with Crippen LogP contribution < -0.4 is 0 Å². The van der Waals surface area contributed by atoms with Crippen LogP contribution in [0.15, 0.2) is 133 Å². The van der Waals surface area contributed by atoms with Crippen molar-refractivity contribution in [3.05, 3.63) is 156 Å². The van der Waals surface area contributed by atoms with Gasteiger partial charge in [0.05, 0.1) is 22.1 Å². The van der Waals surface area contributed by atoms with Crippen LogP contribution in [-0.4, -0.2) is 19.9 Å². The zero-order chi connectivity index (χ0) is 37.9. The molecule has 0 spiro atoms. The number of rotatable bonds is 4. The zero-order valence-corrected chi connectivity index (χ0v) is 29.3. The fourth-order valence-corrected chi connectivity index (χ4v) is 8.11. The predicted octanol–water partition coefficient (Wildman–Crippen LogP) is 10.6. The van der Waals surface area contributed by atoms with Gasteiger partial charge in [0.2, 0.25) is 0 Å². The van der Waals surface area contributed by atoms with Crippen LogP contribution in [0.4, 0.5) is 0 Å². The summed E-state index contributed by atoms with van der Waals surface area (Å²) in [5.74, 6) is 0. The highest BCUT2D eigenvalue weighted by Crippen LogP contribution is 2.53. The van der Waals surface area contributed by atoms with Crippen molar-refractivity contribution in [1.82, 2.24) is 19.9 Å². The van der Waals surface area contributed by atoms with Crippen molar-refractivity contribution in [3.8, 4) is 68.8 Å². The van der Waals surface area contributed by atoms with Gasteiger partial charge in [-0.05, 0) is 56.6 Å². The molecule has 254 valence electrons. The van der Waals surface area contributed by atoms with Gasteiger partial charge < -0.3 is 0 Å². The van der Waals surface area contributed by atoms with Crippen LogP contribution in [-0.2, 0) is 0 Å². The molecular formula is C48H22N8. The van der Waals surface area contributed by atoms with Gasteiger partial charge in [-0.25, -0.2) is 19.9 Å². The lowest BCUT2D eigenvalue weighted by molar-refractivity contribution is 1.20. The number of aromatic nitrogens is 4. The first kappa shape index (κ1) is 32.1. The smallest absolute Gasteiger partial charge is 0.177 e. The Morgan fingerprint density at radius 2 is 0.500 bits per heavy atom. The summed E-state index contributed by atoms with van der Waals surface area (Å²) in [5, 5.41) is 45.8. The van der Waals surface area contributed by atoms with Crippen molar-refractivity contribution < 1.29 is 0 Å². The SMILES string of the molecule is N#Cc1nc2c(nc1C#N)c1c(-c3ccccc3)cc(-c3ccccc3)c3c4nc(C#N)c(C#N)nc4c4c(-c5ccccc5)cc(-c5ccccc5)c2c4c13. The first-order valence-corrected chi connectivity index (χ1v) is 17.7. The highest BCUT2D eigenvalue weighted by Gasteiger charge is 2.30. The van der Waals surface area contributed by atoms with E-state index in [4.69, 9.17) is 19.9 Å². The van der Waals surface area contributed by atoms with E-state index in [1.54, 1.807) is 0 Å². The summed E-state index contributed by atoms with van der Waals surface area (Å²) in [4.78, 5) is 19.9. The molecule has 56 heavy (non-hydrogen) atoms. The van der Waals surface area contributed by atoms with Crippen molar-refractivity contribution in [3.63, 3.8) is 0 Å². The lowest BCUT2D eigenvalue weighted by Crippen LogP contribution is -2.04. The highest BCUT2D eigenvalue weighted by molar-refractivity contribution is 6.44. The molecular weight excluding hydrogens is 689 g/mol. The minimum absolute atomic E-state index is 0.0848. The van der Waals surface area contributed by atoms with E-state index in [9.17, 15) is 21.0 Å². The van der Waals surface area contributed by atoms with E-state index in [1.807, 2.05) is 121 Å². The van der Waals surface area contributed by atoms with E-state index < -0.39 is 0 Å². The molecule has 10 rings (SSSR count). The molecule has 2 aromatic heterocycles. The second-order valence-corrected chi connectivity index (χ2v) is 13.3. The van der Waals surface area contributed by atoms with E-state index in [1.165, 1.54) is 0 Å². The normalized spacial score (nSPS) is 11.1. The van der Waals surface area contributed by atoms with Crippen LogP contribution in [0.1, 0.15) is 22.8 Å². The van der Waals surface area contributed by atoms with Gasteiger partial charge in [0.15, 0.2) is 22.8 Å². The third kappa shape index (κ3) is 4.62. The Kier molecular flexibility index (Phi) is 7.19. The molecule has 0 fully saturated rings. The molecule has 0 aliphatic carbocycles. The minimum atomic E-state index is -0.0848. The first-order chi connectivity index (χ1) is 27.6. The molecule has 8 nitrogen and oxygen atoms in total. The Labute approximate surface area is 319 Å². The number of fused-ring (bicyclic) bond motifs is 6. The number of benzene rings is 8. The Hall–Kier alpha value is -8.56. The molecule has 2 heterocycles.